The lowest BCUT2D eigenvalue weighted by molar-refractivity contribution is -0.151. The number of hydrogen-bond donors (Lipinski definition) is 1. The van der Waals surface area contributed by atoms with Gasteiger partial charge in [0.25, 0.3) is 6.43 Å². The highest BCUT2D eigenvalue weighted by molar-refractivity contribution is 5.81. The average molecular weight is 279 g/mol. The van der Waals surface area contributed by atoms with Gasteiger partial charge in [0.15, 0.2) is 0 Å². The molecular weight excluding hydrogens is 256 g/mol. The smallest absolute Gasteiger partial charge is 0.326 e. The first-order chi connectivity index (χ1) is 9.04. The van der Waals surface area contributed by atoms with Crippen LogP contribution in [0, 0.1) is 0 Å². The van der Waals surface area contributed by atoms with Gasteiger partial charge in [-0.15, -0.1) is 0 Å². The molecule has 0 aromatic rings. The van der Waals surface area contributed by atoms with Crippen LogP contribution in [0.3, 0.4) is 0 Å². The molecule has 6 heteroatoms. The molecule has 0 amide bonds. The SMILES string of the molecule is CCCNC1(C(=O)OCC)CCC(OCC(F)F)C1. The van der Waals surface area contributed by atoms with Crippen LogP contribution in [0.2, 0.25) is 0 Å². The van der Waals surface area contributed by atoms with Gasteiger partial charge < -0.3 is 14.8 Å². The van der Waals surface area contributed by atoms with Crippen molar-refractivity contribution in [2.24, 2.45) is 0 Å². The van der Waals surface area contributed by atoms with Gasteiger partial charge in [-0.3, -0.25) is 4.79 Å². The van der Waals surface area contributed by atoms with Crippen LogP contribution >= 0.6 is 0 Å². The van der Waals surface area contributed by atoms with E-state index in [2.05, 4.69) is 5.32 Å². The van der Waals surface area contributed by atoms with Crippen molar-refractivity contribution >= 4 is 5.97 Å². The maximum atomic E-state index is 12.1. The Bertz CT molecular complexity index is 289. The van der Waals surface area contributed by atoms with E-state index in [1.54, 1.807) is 6.92 Å². The predicted molar refractivity (Wildman–Crippen MR) is 67.3 cm³/mol. The summed E-state index contributed by atoms with van der Waals surface area (Å²) in [4.78, 5) is 12.1. The van der Waals surface area contributed by atoms with Crippen molar-refractivity contribution in [3.63, 3.8) is 0 Å². The molecule has 2 atom stereocenters. The van der Waals surface area contributed by atoms with E-state index < -0.39 is 18.6 Å². The highest BCUT2D eigenvalue weighted by Gasteiger charge is 2.46. The lowest BCUT2D eigenvalue weighted by Crippen LogP contribution is -2.51. The number of carbonyl (C=O) groups excluding carboxylic acids is 1. The Labute approximate surface area is 112 Å². The van der Waals surface area contributed by atoms with Crippen molar-refractivity contribution in [2.75, 3.05) is 19.8 Å². The van der Waals surface area contributed by atoms with Crippen molar-refractivity contribution in [3.05, 3.63) is 0 Å². The highest BCUT2D eigenvalue weighted by atomic mass is 19.3. The summed E-state index contributed by atoms with van der Waals surface area (Å²) in [5.41, 5.74) is -0.765. The van der Waals surface area contributed by atoms with Gasteiger partial charge in [0.2, 0.25) is 0 Å². The van der Waals surface area contributed by atoms with Gasteiger partial charge in [-0.25, -0.2) is 8.78 Å². The topological polar surface area (TPSA) is 47.6 Å². The van der Waals surface area contributed by atoms with Gasteiger partial charge in [-0.2, -0.15) is 0 Å². The maximum absolute atomic E-state index is 12.1. The van der Waals surface area contributed by atoms with Gasteiger partial charge in [0.1, 0.15) is 12.1 Å². The zero-order valence-corrected chi connectivity index (χ0v) is 11.6. The fourth-order valence-electron chi connectivity index (χ4n) is 2.40. The van der Waals surface area contributed by atoms with Crippen LogP contribution in [-0.2, 0) is 14.3 Å². The van der Waals surface area contributed by atoms with E-state index >= 15 is 0 Å². The third-order valence-electron chi connectivity index (χ3n) is 3.31. The molecule has 0 saturated heterocycles. The molecule has 1 aliphatic rings. The molecule has 4 nitrogen and oxygen atoms in total. The van der Waals surface area contributed by atoms with Crippen molar-refractivity contribution < 1.29 is 23.0 Å². The third kappa shape index (κ3) is 4.69. The number of hydrogen-bond acceptors (Lipinski definition) is 4. The Morgan fingerprint density at radius 1 is 1.47 bits per heavy atom. The summed E-state index contributed by atoms with van der Waals surface area (Å²) in [6, 6.07) is 0. The van der Waals surface area contributed by atoms with Crippen molar-refractivity contribution in [2.45, 2.75) is 57.6 Å². The molecule has 0 aromatic heterocycles. The first-order valence-corrected chi connectivity index (χ1v) is 6.86. The lowest BCUT2D eigenvalue weighted by atomic mass is 9.97. The Kier molecular flexibility index (Phi) is 6.65. The van der Waals surface area contributed by atoms with Gasteiger partial charge >= 0.3 is 5.97 Å². The van der Waals surface area contributed by atoms with Gasteiger partial charge in [0.05, 0.1) is 12.7 Å². The average Bonchev–Trinajstić information content (AvgIpc) is 2.79. The number of ether oxygens (including phenoxy) is 2. The summed E-state index contributed by atoms with van der Waals surface area (Å²) in [7, 11) is 0. The van der Waals surface area contributed by atoms with Gasteiger partial charge in [-0.05, 0) is 32.7 Å². The van der Waals surface area contributed by atoms with E-state index in [1.165, 1.54) is 0 Å². The largest absolute Gasteiger partial charge is 0.465 e. The molecule has 0 aliphatic heterocycles. The fraction of sp³-hybridized carbons (Fsp3) is 0.923. The molecule has 1 aliphatic carbocycles. The van der Waals surface area contributed by atoms with Crippen molar-refractivity contribution in [1.82, 2.24) is 5.32 Å². The van der Waals surface area contributed by atoms with E-state index in [0.29, 0.717) is 32.4 Å². The molecule has 1 N–H and O–H groups in total. The van der Waals surface area contributed by atoms with Crippen LogP contribution in [0.15, 0.2) is 0 Å². The third-order valence-corrected chi connectivity index (χ3v) is 3.31. The molecule has 0 spiro atoms. The summed E-state index contributed by atoms with van der Waals surface area (Å²) >= 11 is 0. The van der Waals surface area contributed by atoms with Gasteiger partial charge in [0, 0.05) is 6.42 Å². The number of alkyl halides is 2. The normalized spacial score (nSPS) is 26.9. The van der Waals surface area contributed by atoms with E-state index in [4.69, 9.17) is 9.47 Å². The van der Waals surface area contributed by atoms with Crippen LogP contribution in [0.4, 0.5) is 8.78 Å². The quantitative estimate of drug-likeness (QED) is 0.691. The minimum absolute atomic E-state index is 0.299. The number of halogens is 2. The molecule has 1 fully saturated rings. The summed E-state index contributed by atoms with van der Waals surface area (Å²) < 4.78 is 34.5. The van der Waals surface area contributed by atoms with Crippen molar-refractivity contribution in [3.8, 4) is 0 Å². The molecule has 0 heterocycles. The van der Waals surface area contributed by atoms with Gasteiger partial charge in [-0.1, -0.05) is 6.92 Å². The lowest BCUT2D eigenvalue weighted by Gasteiger charge is -2.28. The molecule has 0 bridgehead atoms. The molecule has 0 radical (unpaired) electrons. The van der Waals surface area contributed by atoms with Crippen LogP contribution in [0.5, 0.6) is 0 Å². The first-order valence-electron chi connectivity index (χ1n) is 6.86. The monoisotopic (exact) mass is 279 g/mol. The molecule has 1 saturated carbocycles. The minimum Gasteiger partial charge on any atom is -0.465 e. The summed E-state index contributed by atoms with van der Waals surface area (Å²) in [6.45, 7) is 4.20. The zero-order chi connectivity index (χ0) is 14.3. The van der Waals surface area contributed by atoms with Crippen LogP contribution in [0.1, 0.15) is 39.5 Å². The summed E-state index contributed by atoms with van der Waals surface area (Å²) in [5, 5.41) is 3.20. The molecule has 2 unspecified atom stereocenters. The number of esters is 1. The summed E-state index contributed by atoms with van der Waals surface area (Å²) in [6.07, 6.45) is -0.312. The first kappa shape index (κ1) is 16.3. The summed E-state index contributed by atoms with van der Waals surface area (Å²) in [5.74, 6) is -0.299. The minimum atomic E-state index is -2.47. The second-order valence-corrected chi connectivity index (χ2v) is 4.82. The molecule has 1 rings (SSSR count). The Morgan fingerprint density at radius 2 is 2.21 bits per heavy atom. The maximum Gasteiger partial charge on any atom is 0.326 e. The number of carbonyl (C=O) groups is 1. The van der Waals surface area contributed by atoms with E-state index in [0.717, 1.165) is 6.42 Å². The van der Waals surface area contributed by atoms with E-state index in [9.17, 15) is 13.6 Å². The van der Waals surface area contributed by atoms with Crippen molar-refractivity contribution in [1.29, 1.82) is 0 Å². The second-order valence-electron chi connectivity index (χ2n) is 4.82. The van der Waals surface area contributed by atoms with Crippen LogP contribution in [0.25, 0.3) is 0 Å². The predicted octanol–water partition coefficient (Wildman–Crippen LogP) is 2.12. The molecule has 112 valence electrons. The highest BCUT2D eigenvalue weighted by Crippen LogP contribution is 2.33. The van der Waals surface area contributed by atoms with E-state index in [1.807, 2.05) is 6.92 Å². The second kappa shape index (κ2) is 7.75. The molecule has 0 aromatic carbocycles. The number of nitrogens with one attached hydrogen (secondary N) is 1. The Hall–Kier alpha value is -0.750. The van der Waals surface area contributed by atoms with Crippen LogP contribution < -0.4 is 5.32 Å². The Morgan fingerprint density at radius 3 is 2.79 bits per heavy atom. The number of rotatable bonds is 8. The zero-order valence-electron chi connectivity index (χ0n) is 11.6. The van der Waals surface area contributed by atoms with E-state index in [-0.39, 0.29) is 12.1 Å². The van der Waals surface area contributed by atoms with Crippen LogP contribution in [-0.4, -0.2) is 43.8 Å². The Balaban J connectivity index is 2.59. The fourth-order valence-corrected chi connectivity index (χ4v) is 2.40. The molecular formula is C13H23F2NO3. The molecule has 19 heavy (non-hydrogen) atoms. The standard InChI is InChI=1S/C13H23F2NO3/c1-3-7-16-13(12(17)18-4-2)6-5-10(8-13)19-9-11(14)15/h10-11,16H,3-9H2,1-2H3.